The molecule has 0 saturated carbocycles. The summed E-state index contributed by atoms with van der Waals surface area (Å²) in [6.07, 6.45) is 6.67. The van der Waals surface area contributed by atoms with Gasteiger partial charge >= 0.3 is 0 Å². The smallest absolute Gasteiger partial charge is 0.0537 e. The minimum Gasteiger partial charge on any atom is -0.396 e. The predicted molar refractivity (Wildman–Crippen MR) is 67.7 cm³/mol. The van der Waals surface area contributed by atoms with Crippen LogP contribution in [0.5, 0.6) is 0 Å². The highest BCUT2D eigenvalue weighted by atomic mass is 16.3. The van der Waals surface area contributed by atoms with Crippen molar-refractivity contribution in [1.29, 1.82) is 0 Å². The molecule has 1 aromatic heterocycles. The lowest BCUT2D eigenvalue weighted by Crippen LogP contribution is -2.39. The van der Waals surface area contributed by atoms with Gasteiger partial charge in [-0.2, -0.15) is 5.10 Å². The minimum atomic E-state index is 0.299. The first-order chi connectivity index (χ1) is 8.22. The summed E-state index contributed by atoms with van der Waals surface area (Å²) in [6.45, 7) is 4.55. The van der Waals surface area contributed by atoms with Crippen molar-refractivity contribution in [2.45, 2.75) is 45.2 Å². The highest BCUT2D eigenvalue weighted by Gasteiger charge is 2.22. The Bertz CT molecular complexity index is 360. The number of aryl methyl sites for hydroxylation is 1. The zero-order chi connectivity index (χ0) is 12.3. The second-order valence-electron chi connectivity index (χ2n) is 5.01. The molecule has 0 aliphatic carbocycles. The van der Waals surface area contributed by atoms with Crippen molar-refractivity contribution in [1.82, 2.24) is 14.7 Å². The number of rotatable bonds is 4. The maximum atomic E-state index is 9.12. The zero-order valence-corrected chi connectivity index (χ0v) is 10.9. The van der Waals surface area contributed by atoms with Gasteiger partial charge in [0, 0.05) is 37.5 Å². The van der Waals surface area contributed by atoms with Crippen molar-refractivity contribution in [3.05, 3.63) is 17.5 Å². The second-order valence-corrected chi connectivity index (χ2v) is 5.01. The van der Waals surface area contributed by atoms with Crippen molar-refractivity contribution < 1.29 is 5.11 Å². The molecule has 1 saturated heterocycles. The summed E-state index contributed by atoms with van der Waals surface area (Å²) in [5.41, 5.74) is 2.57. The standard InChI is InChI=1S/C13H23N3O/c1-11-12(9-14-15(11)2)10-16-7-4-3-5-13(16)6-8-17/h9,13,17H,3-8,10H2,1-2H3. The SMILES string of the molecule is Cc1c(CN2CCCCC2CCO)cnn1C. The average Bonchev–Trinajstić information content (AvgIpc) is 2.64. The molecule has 4 heteroatoms. The Kier molecular flexibility index (Phi) is 4.18. The van der Waals surface area contributed by atoms with Crippen LogP contribution >= 0.6 is 0 Å². The summed E-state index contributed by atoms with van der Waals surface area (Å²) >= 11 is 0. The number of aliphatic hydroxyl groups excluding tert-OH is 1. The van der Waals surface area contributed by atoms with Gasteiger partial charge in [0.2, 0.25) is 0 Å². The molecule has 1 aromatic rings. The summed E-state index contributed by atoms with van der Waals surface area (Å²) in [4.78, 5) is 2.50. The van der Waals surface area contributed by atoms with Gasteiger partial charge in [0.25, 0.3) is 0 Å². The molecule has 2 rings (SSSR count). The van der Waals surface area contributed by atoms with Crippen LogP contribution in [-0.2, 0) is 13.6 Å². The van der Waals surface area contributed by atoms with E-state index >= 15 is 0 Å². The molecule has 1 unspecified atom stereocenters. The van der Waals surface area contributed by atoms with Crippen LogP contribution in [-0.4, -0.2) is 39.0 Å². The van der Waals surface area contributed by atoms with E-state index in [1.807, 2.05) is 17.9 Å². The van der Waals surface area contributed by atoms with E-state index in [-0.39, 0.29) is 0 Å². The fraction of sp³-hybridized carbons (Fsp3) is 0.769. The molecule has 1 fully saturated rings. The third-order valence-corrected chi connectivity index (χ3v) is 3.92. The Balaban J connectivity index is 2.02. The maximum absolute atomic E-state index is 9.12. The molecule has 0 radical (unpaired) electrons. The molecule has 0 spiro atoms. The molecule has 1 atom stereocenters. The van der Waals surface area contributed by atoms with Crippen LogP contribution in [0.2, 0.25) is 0 Å². The molecule has 2 heterocycles. The van der Waals surface area contributed by atoms with Gasteiger partial charge in [0.1, 0.15) is 0 Å². The number of aromatic nitrogens is 2. The minimum absolute atomic E-state index is 0.299. The van der Waals surface area contributed by atoms with Gasteiger partial charge in [-0.15, -0.1) is 0 Å². The van der Waals surface area contributed by atoms with E-state index in [1.165, 1.54) is 30.5 Å². The summed E-state index contributed by atoms with van der Waals surface area (Å²) in [5.74, 6) is 0. The van der Waals surface area contributed by atoms with Crippen molar-refractivity contribution in [3.8, 4) is 0 Å². The molecule has 17 heavy (non-hydrogen) atoms. The quantitative estimate of drug-likeness (QED) is 0.862. The number of hydrogen-bond donors (Lipinski definition) is 1. The Morgan fingerprint density at radius 3 is 2.94 bits per heavy atom. The monoisotopic (exact) mass is 237 g/mol. The molecule has 0 amide bonds. The average molecular weight is 237 g/mol. The van der Waals surface area contributed by atoms with E-state index in [2.05, 4.69) is 16.9 Å². The van der Waals surface area contributed by atoms with Gasteiger partial charge in [-0.3, -0.25) is 9.58 Å². The van der Waals surface area contributed by atoms with Crippen LogP contribution in [0.4, 0.5) is 0 Å². The van der Waals surface area contributed by atoms with Crippen LogP contribution in [0.25, 0.3) is 0 Å². The van der Waals surface area contributed by atoms with E-state index < -0.39 is 0 Å². The van der Waals surface area contributed by atoms with Gasteiger partial charge in [-0.25, -0.2) is 0 Å². The molecule has 1 aliphatic heterocycles. The van der Waals surface area contributed by atoms with E-state index in [9.17, 15) is 0 Å². The van der Waals surface area contributed by atoms with E-state index in [0.717, 1.165) is 19.5 Å². The van der Waals surface area contributed by atoms with Crippen LogP contribution in [0.3, 0.4) is 0 Å². The molecule has 96 valence electrons. The van der Waals surface area contributed by atoms with Crippen LogP contribution < -0.4 is 0 Å². The predicted octanol–water partition coefficient (Wildman–Crippen LogP) is 1.47. The highest BCUT2D eigenvalue weighted by Crippen LogP contribution is 2.22. The summed E-state index contributed by atoms with van der Waals surface area (Å²) < 4.78 is 1.93. The number of likely N-dealkylation sites (tertiary alicyclic amines) is 1. The Morgan fingerprint density at radius 2 is 2.29 bits per heavy atom. The normalized spacial score (nSPS) is 21.9. The summed E-state index contributed by atoms with van der Waals surface area (Å²) in [7, 11) is 1.99. The topological polar surface area (TPSA) is 41.3 Å². The number of aliphatic hydroxyl groups is 1. The van der Waals surface area contributed by atoms with Crippen molar-refractivity contribution in [2.24, 2.45) is 7.05 Å². The van der Waals surface area contributed by atoms with E-state index in [1.54, 1.807) is 0 Å². The van der Waals surface area contributed by atoms with E-state index in [0.29, 0.717) is 12.6 Å². The zero-order valence-electron chi connectivity index (χ0n) is 10.9. The molecular weight excluding hydrogens is 214 g/mol. The number of nitrogens with zero attached hydrogens (tertiary/aromatic N) is 3. The van der Waals surface area contributed by atoms with Gasteiger partial charge in [-0.1, -0.05) is 6.42 Å². The van der Waals surface area contributed by atoms with Crippen molar-refractivity contribution in [3.63, 3.8) is 0 Å². The Labute approximate surface area is 103 Å². The highest BCUT2D eigenvalue weighted by molar-refractivity contribution is 5.15. The second kappa shape index (κ2) is 5.65. The van der Waals surface area contributed by atoms with Crippen LogP contribution in [0.1, 0.15) is 36.9 Å². The first-order valence-electron chi connectivity index (χ1n) is 6.54. The molecule has 0 aromatic carbocycles. The fourth-order valence-corrected chi connectivity index (χ4v) is 2.66. The van der Waals surface area contributed by atoms with Gasteiger partial charge in [0.05, 0.1) is 6.20 Å². The fourth-order valence-electron chi connectivity index (χ4n) is 2.66. The molecule has 0 bridgehead atoms. The lowest BCUT2D eigenvalue weighted by atomic mass is 9.99. The summed E-state index contributed by atoms with van der Waals surface area (Å²) in [5, 5.41) is 13.4. The Morgan fingerprint density at radius 1 is 1.47 bits per heavy atom. The van der Waals surface area contributed by atoms with E-state index in [4.69, 9.17) is 5.11 Å². The maximum Gasteiger partial charge on any atom is 0.0537 e. The molecule has 1 aliphatic rings. The molecular formula is C13H23N3O. The third kappa shape index (κ3) is 2.87. The first-order valence-corrected chi connectivity index (χ1v) is 6.54. The molecule has 1 N–H and O–H groups in total. The van der Waals surface area contributed by atoms with Crippen molar-refractivity contribution >= 4 is 0 Å². The molecule has 4 nitrogen and oxygen atoms in total. The Hall–Kier alpha value is -0.870. The van der Waals surface area contributed by atoms with Gasteiger partial charge in [-0.05, 0) is 32.7 Å². The largest absolute Gasteiger partial charge is 0.396 e. The van der Waals surface area contributed by atoms with Crippen LogP contribution in [0, 0.1) is 6.92 Å². The van der Waals surface area contributed by atoms with Crippen molar-refractivity contribution in [2.75, 3.05) is 13.2 Å². The lowest BCUT2D eigenvalue weighted by molar-refractivity contribution is 0.112. The van der Waals surface area contributed by atoms with Gasteiger partial charge in [0.15, 0.2) is 0 Å². The third-order valence-electron chi connectivity index (χ3n) is 3.92. The number of piperidine rings is 1. The number of hydrogen-bond acceptors (Lipinski definition) is 3. The first kappa shape index (κ1) is 12.6. The van der Waals surface area contributed by atoms with Crippen LogP contribution in [0.15, 0.2) is 6.20 Å². The van der Waals surface area contributed by atoms with Gasteiger partial charge < -0.3 is 5.11 Å². The summed E-state index contributed by atoms with van der Waals surface area (Å²) in [6, 6.07) is 0.549. The lowest BCUT2D eigenvalue weighted by Gasteiger charge is -2.35.